The van der Waals surface area contributed by atoms with Gasteiger partial charge in [0.15, 0.2) is 0 Å². The molecule has 1 atom stereocenters. The molecule has 7 nitrogen and oxygen atoms in total. The molecule has 1 aromatic heterocycles. The second-order valence-corrected chi connectivity index (χ2v) is 4.07. The van der Waals surface area contributed by atoms with Crippen LogP contribution in [0.5, 0.6) is 0 Å². The van der Waals surface area contributed by atoms with Crippen LogP contribution in [0.4, 0.5) is 0 Å². The van der Waals surface area contributed by atoms with Crippen LogP contribution in [-0.2, 0) is 16.0 Å². The minimum absolute atomic E-state index is 0.108. The highest BCUT2D eigenvalue weighted by atomic mass is 16.5. The average Bonchev–Trinajstić information content (AvgIpc) is 2.87. The number of nitrogens with two attached hydrogens (primary N) is 1. The lowest BCUT2D eigenvalue weighted by atomic mass is 10.1. The summed E-state index contributed by atoms with van der Waals surface area (Å²) >= 11 is 0. The molecule has 4 N–H and O–H groups in total. The first-order chi connectivity index (χ1) is 8.74. The summed E-state index contributed by atoms with van der Waals surface area (Å²) in [5, 5.41) is 9.33. The zero-order valence-electron chi connectivity index (χ0n) is 10.7. The number of aromatic nitrogens is 3. The Bertz CT molecular complexity index is 328. The molecule has 102 valence electrons. The number of carbonyl (C=O) groups excluding carboxylic acids is 1. The highest BCUT2D eigenvalue weighted by Crippen LogP contribution is 1.96. The van der Waals surface area contributed by atoms with Crippen molar-refractivity contribution in [1.29, 1.82) is 0 Å². The molecule has 0 saturated heterocycles. The first-order valence-corrected chi connectivity index (χ1v) is 6.10. The summed E-state index contributed by atoms with van der Waals surface area (Å²) in [6.45, 7) is 1.23. The largest absolute Gasteiger partial charge is 0.385 e. The lowest BCUT2D eigenvalue weighted by Crippen LogP contribution is -2.41. The van der Waals surface area contributed by atoms with Gasteiger partial charge in [-0.3, -0.25) is 9.89 Å². The Labute approximate surface area is 106 Å². The molecule has 0 saturated carbocycles. The zero-order valence-corrected chi connectivity index (χ0v) is 10.7. The molecule has 0 radical (unpaired) electrons. The van der Waals surface area contributed by atoms with Crippen molar-refractivity contribution in [2.75, 3.05) is 20.3 Å². The Kier molecular flexibility index (Phi) is 6.97. The van der Waals surface area contributed by atoms with Crippen molar-refractivity contribution < 1.29 is 9.53 Å². The minimum atomic E-state index is -0.453. The van der Waals surface area contributed by atoms with Crippen molar-refractivity contribution in [2.45, 2.75) is 31.7 Å². The van der Waals surface area contributed by atoms with E-state index in [0.29, 0.717) is 19.6 Å². The summed E-state index contributed by atoms with van der Waals surface area (Å²) in [7, 11) is 1.63. The molecule has 0 fully saturated rings. The monoisotopic (exact) mass is 255 g/mol. The van der Waals surface area contributed by atoms with Crippen molar-refractivity contribution in [3.8, 4) is 0 Å². The van der Waals surface area contributed by atoms with E-state index in [1.807, 2.05) is 0 Å². The molecule has 7 heteroatoms. The van der Waals surface area contributed by atoms with E-state index in [4.69, 9.17) is 10.5 Å². The maximum absolute atomic E-state index is 11.6. The number of ether oxygens (including phenoxy) is 1. The first-order valence-electron chi connectivity index (χ1n) is 6.10. The van der Waals surface area contributed by atoms with Crippen LogP contribution in [0, 0.1) is 0 Å². The standard InChI is InChI=1S/C11H21N5O2/c1-18-7-3-4-9(12)11(17)13-6-2-5-10-14-8-15-16-10/h8-9H,2-7,12H2,1H3,(H,13,17)(H,14,15,16). The quantitative estimate of drug-likeness (QED) is 0.521. The summed E-state index contributed by atoms with van der Waals surface area (Å²) in [6.07, 6.45) is 4.48. The number of aryl methyl sites for hydroxylation is 1. The van der Waals surface area contributed by atoms with Gasteiger partial charge in [0.1, 0.15) is 12.2 Å². The van der Waals surface area contributed by atoms with Gasteiger partial charge in [0, 0.05) is 26.7 Å². The Morgan fingerprint density at radius 2 is 2.44 bits per heavy atom. The normalized spacial score (nSPS) is 12.3. The molecule has 0 aliphatic carbocycles. The predicted octanol–water partition coefficient (Wildman–Crippen LogP) is -0.393. The molecule has 18 heavy (non-hydrogen) atoms. The van der Waals surface area contributed by atoms with Gasteiger partial charge >= 0.3 is 0 Å². The number of rotatable bonds is 9. The lowest BCUT2D eigenvalue weighted by Gasteiger charge is -2.11. The molecule has 0 aliphatic rings. The Hall–Kier alpha value is -1.47. The van der Waals surface area contributed by atoms with Crippen LogP contribution < -0.4 is 11.1 Å². The van der Waals surface area contributed by atoms with Gasteiger partial charge in [0.05, 0.1) is 6.04 Å². The van der Waals surface area contributed by atoms with E-state index < -0.39 is 6.04 Å². The fourth-order valence-corrected chi connectivity index (χ4v) is 1.53. The predicted molar refractivity (Wildman–Crippen MR) is 66.8 cm³/mol. The van der Waals surface area contributed by atoms with E-state index in [2.05, 4.69) is 20.5 Å². The van der Waals surface area contributed by atoms with Gasteiger partial charge in [-0.2, -0.15) is 5.10 Å². The Morgan fingerprint density at radius 3 is 3.11 bits per heavy atom. The number of hydrogen-bond donors (Lipinski definition) is 3. The smallest absolute Gasteiger partial charge is 0.236 e. The second kappa shape index (κ2) is 8.60. The number of H-pyrrole nitrogens is 1. The van der Waals surface area contributed by atoms with E-state index in [1.54, 1.807) is 7.11 Å². The van der Waals surface area contributed by atoms with Gasteiger partial charge in [-0.1, -0.05) is 0 Å². The van der Waals surface area contributed by atoms with Gasteiger partial charge in [0.2, 0.25) is 5.91 Å². The number of nitrogens with one attached hydrogen (secondary N) is 2. The maximum Gasteiger partial charge on any atom is 0.236 e. The summed E-state index contributed by atoms with van der Waals surface area (Å²) < 4.78 is 4.91. The van der Waals surface area contributed by atoms with Crippen LogP contribution in [0.3, 0.4) is 0 Å². The van der Waals surface area contributed by atoms with Crippen LogP contribution in [0.25, 0.3) is 0 Å². The number of methoxy groups -OCH3 is 1. The van der Waals surface area contributed by atoms with Gasteiger partial charge in [-0.05, 0) is 19.3 Å². The van der Waals surface area contributed by atoms with Crippen LogP contribution in [0.1, 0.15) is 25.1 Å². The summed E-state index contributed by atoms with van der Waals surface area (Å²) in [4.78, 5) is 15.6. The number of carbonyl (C=O) groups is 1. The van der Waals surface area contributed by atoms with Gasteiger partial charge in [-0.25, -0.2) is 4.98 Å². The van der Waals surface area contributed by atoms with Crippen LogP contribution in [0.15, 0.2) is 6.33 Å². The van der Waals surface area contributed by atoms with Gasteiger partial charge in [0.25, 0.3) is 0 Å². The topological polar surface area (TPSA) is 106 Å². The van der Waals surface area contributed by atoms with E-state index in [9.17, 15) is 4.79 Å². The van der Waals surface area contributed by atoms with E-state index in [0.717, 1.165) is 25.1 Å². The molecular formula is C11H21N5O2. The molecule has 0 aliphatic heterocycles. The summed E-state index contributed by atoms with van der Waals surface area (Å²) in [5.41, 5.74) is 5.74. The third-order valence-corrected chi connectivity index (χ3v) is 2.55. The molecule has 0 aromatic carbocycles. The molecule has 1 rings (SSSR count). The molecule has 1 aromatic rings. The van der Waals surface area contributed by atoms with E-state index >= 15 is 0 Å². The van der Waals surface area contributed by atoms with Crippen LogP contribution >= 0.6 is 0 Å². The van der Waals surface area contributed by atoms with Crippen molar-refractivity contribution in [3.05, 3.63) is 12.2 Å². The van der Waals surface area contributed by atoms with Gasteiger partial charge in [-0.15, -0.1) is 0 Å². The highest BCUT2D eigenvalue weighted by molar-refractivity contribution is 5.81. The molecule has 1 heterocycles. The molecule has 1 amide bonds. The van der Waals surface area contributed by atoms with Crippen molar-refractivity contribution in [2.24, 2.45) is 5.73 Å². The molecule has 0 bridgehead atoms. The third kappa shape index (κ3) is 5.74. The summed E-state index contributed by atoms with van der Waals surface area (Å²) in [6, 6.07) is -0.453. The second-order valence-electron chi connectivity index (χ2n) is 4.07. The van der Waals surface area contributed by atoms with Crippen LogP contribution in [0.2, 0.25) is 0 Å². The minimum Gasteiger partial charge on any atom is -0.385 e. The van der Waals surface area contributed by atoms with Crippen molar-refractivity contribution in [1.82, 2.24) is 20.5 Å². The van der Waals surface area contributed by atoms with E-state index in [1.165, 1.54) is 6.33 Å². The first kappa shape index (κ1) is 14.6. The van der Waals surface area contributed by atoms with E-state index in [-0.39, 0.29) is 5.91 Å². The van der Waals surface area contributed by atoms with Crippen LogP contribution in [-0.4, -0.2) is 47.4 Å². The summed E-state index contributed by atoms with van der Waals surface area (Å²) in [5.74, 6) is 0.720. The van der Waals surface area contributed by atoms with Crippen molar-refractivity contribution >= 4 is 5.91 Å². The number of amides is 1. The fraction of sp³-hybridized carbons (Fsp3) is 0.727. The third-order valence-electron chi connectivity index (χ3n) is 2.55. The number of nitrogens with zero attached hydrogens (tertiary/aromatic N) is 2. The van der Waals surface area contributed by atoms with Crippen molar-refractivity contribution in [3.63, 3.8) is 0 Å². The lowest BCUT2D eigenvalue weighted by molar-refractivity contribution is -0.122. The molecule has 0 spiro atoms. The average molecular weight is 255 g/mol. The molecule has 1 unspecified atom stereocenters. The number of aromatic amines is 1. The SMILES string of the molecule is COCCCC(N)C(=O)NCCCc1ncn[nH]1. The highest BCUT2D eigenvalue weighted by Gasteiger charge is 2.11. The fourth-order valence-electron chi connectivity index (χ4n) is 1.53. The Balaban J connectivity index is 2.05. The van der Waals surface area contributed by atoms with Gasteiger partial charge < -0.3 is 15.8 Å². The number of hydrogen-bond acceptors (Lipinski definition) is 5. The molecular weight excluding hydrogens is 234 g/mol. The Morgan fingerprint density at radius 1 is 1.61 bits per heavy atom. The maximum atomic E-state index is 11.6. The zero-order chi connectivity index (χ0) is 13.2.